The Bertz CT molecular complexity index is 468. The third-order valence-electron chi connectivity index (χ3n) is 2.62. The van der Waals surface area contributed by atoms with E-state index in [1.807, 2.05) is 24.4 Å². The normalized spacial score (nSPS) is 11.7. The smallest absolute Gasteiger partial charge is 0.138 e. The summed E-state index contributed by atoms with van der Waals surface area (Å²) in [4.78, 5) is 4.32. The average Bonchev–Trinajstić information content (AvgIpc) is 2.75. The molecule has 4 heteroatoms. The molecule has 0 amide bonds. The maximum atomic E-state index is 4.32. The van der Waals surface area contributed by atoms with Gasteiger partial charge in [-0.2, -0.15) is 0 Å². The Morgan fingerprint density at radius 1 is 1.24 bits per heavy atom. The van der Waals surface area contributed by atoms with Gasteiger partial charge in [-0.3, -0.25) is 4.98 Å². The highest BCUT2D eigenvalue weighted by Crippen LogP contribution is 2.19. The third-order valence-corrected chi connectivity index (χ3v) is 2.62. The summed E-state index contributed by atoms with van der Waals surface area (Å²) in [6, 6.07) is 5.99. The minimum atomic E-state index is 0.0284. The van der Waals surface area contributed by atoms with E-state index in [9.17, 15) is 0 Å². The van der Waals surface area contributed by atoms with E-state index in [1.54, 1.807) is 6.33 Å². The van der Waals surface area contributed by atoms with Gasteiger partial charge in [-0.05, 0) is 12.1 Å². The summed E-state index contributed by atoms with van der Waals surface area (Å²) in [6.45, 7) is 7.31. The number of hydrogen-bond donors (Lipinski definition) is 0. The highest BCUT2D eigenvalue weighted by atomic mass is 15.3. The van der Waals surface area contributed by atoms with Crippen LogP contribution in [0.1, 0.15) is 32.3 Å². The topological polar surface area (TPSA) is 43.6 Å². The van der Waals surface area contributed by atoms with Crippen molar-refractivity contribution in [3.63, 3.8) is 0 Å². The Balaban J connectivity index is 2.08. The van der Waals surface area contributed by atoms with Gasteiger partial charge in [0, 0.05) is 30.3 Å². The van der Waals surface area contributed by atoms with Crippen LogP contribution in [0.5, 0.6) is 0 Å². The van der Waals surface area contributed by atoms with Gasteiger partial charge in [0.2, 0.25) is 0 Å². The summed E-state index contributed by atoms with van der Waals surface area (Å²) in [5.74, 6) is 1.02. The Labute approximate surface area is 102 Å². The van der Waals surface area contributed by atoms with E-state index >= 15 is 0 Å². The number of hydrogen-bond acceptors (Lipinski definition) is 3. The summed E-state index contributed by atoms with van der Waals surface area (Å²) in [7, 11) is 0. The molecule has 0 saturated carbocycles. The molecule has 0 aliphatic rings. The van der Waals surface area contributed by atoms with Crippen LogP contribution in [-0.2, 0) is 18.4 Å². The lowest BCUT2D eigenvalue weighted by Crippen LogP contribution is -2.19. The molecular weight excluding hydrogens is 212 g/mol. The molecule has 0 radical (unpaired) electrons. The molecule has 17 heavy (non-hydrogen) atoms. The van der Waals surface area contributed by atoms with E-state index in [0.717, 1.165) is 24.5 Å². The first-order valence-electron chi connectivity index (χ1n) is 5.85. The second kappa shape index (κ2) is 4.65. The van der Waals surface area contributed by atoms with Crippen molar-refractivity contribution >= 4 is 0 Å². The minimum Gasteiger partial charge on any atom is -0.317 e. The SMILES string of the molecule is CC(C)(C)c1nncn1CCc1ccccn1. The summed E-state index contributed by atoms with van der Waals surface area (Å²) in [5, 5.41) is 8.19. The molecule has 2 aromatic rings. The van der Waals surface area contributed by atoms with Crippen LogP contribution in [0.15, 0.2) is 30.7 Å². The molecule has 0 aliphatic carbocycles. The lowest BCUT2D eigenvalue weighted by Gasteiger charge is -2.18. The van der Waals surface area contributed by atoms with Gasteiger partial charge in [0.15, 0.2) is 0 Å². The first-order chi connectivity index (χ1) is 8.07. The monoisotopic (exact) mass is 230 g/mol. The Morgan fingerprint density at radius 3 is 2.71 bits per heavy atom. The van der Waals surface area contributed by atoms with Crippen LogP contribution >= 0.6 is 0 Å². The fraction of sp³-hybridized carbons (Fsp3) is 0.462. The fourth-order valence-corrected chi connectivity index (χ4v) is 1.78. The van der Waals surface area contributed by atoms with Crippen molar-refractivity contribution in [1.29, 1.82) is 0 Å². The van der Waals surface area contributed by atoms with Crippen molar-refractivity contribution < 1.29 is 0 Å². The summed E-state index contributed by atoms with van der Waals surface area (Å²) >= 11 is 0. The number of aromatic nitrogens is 4. The molecule has 90 valence electrons. The van der Waals surface area contributed by atoms with Crippen molar-refractivity contribution in [1.82, 2.24) is 19.7 Å². The molecule has 0 atom stereocenters. The molecule has 0 saturated heterocycles. The summed E-state index contributed by atoms with van der Waals surface area (Å²) < 4.78 is 2.11. The number of rotatable bonds is 3. The van der Waals surface area contributed by atoms with E-state index in [2.05, 4.69) is 40.5 Å². The van der Waals surface area contributed by atoms with E-state index < -0.39 is 0 Å². The maximum absolute atomic E-state index is 4.32. The molecule has 4 nitrogen and oxygen atoms in total. The molecule has 0 unspecified atom stereocenters. The van der Waals surface area contributed by atoms with Gasteiger partial charge in [-0.1, -0.05) is 26.8 Å². The zero-order valence-corrected chi connectivity index (χ0v) is 10.6. The van der Waals surface area contributed by atoms with E-state index in [-0.39, 0.29) is 5.41 Å². The second-order valence-corrected chi connectivity index (χ2v) is 5.17. The lowest BCUT2D eigenvalue weighted by molar-refractivity contribution is 0.496. The predicted octanol–water partition coefficient (Wildman–Crippen LogP) is 2.21. The summed E-state index contributed by atoms with van der Waals surface area (Å²) in [5.41, 5.74) is 1.13. The largest absolute Gasteiger partial charge is 0.317 e. The van der Waals surface area contributed by atoms with Gasteiger partial charge >= 0.3 is 0 Å². The molecular formula is C13H18N4. The molecule has 0 fully saturated rings. The lowest BCUT2D eigenvalue weighted by atomic mass is 9.95. The maximum Gasteiger partial charge on any atom is 0.138 e. The summed E-state index contributed by atoms with van der Waals surface area (Å²) in [6.07, 6.45) is 4.53. The van der Waals surface area contributed by atoms with Crippen LogP contribution in [0, 0.1) is 0 Å². The highest BCUT2D eigenvalue weighted by Gasteiger charge is 2.20. The Hall–Kier alpha value is -1.71. The zero-order chi connectivity index (χ0) is 12.3. The van der Waals surface area contributed by atoms with Crippen molar-refractivity contribution in [3.8, 4) is 0 Å². The van der Waals surface area contributed by atoms with Gasteiger partial charge in [0.1, 0.15) is 12.2 Å². The average molecular weight is 230 g/mol. The standard InChI is InChI=1S/C13H18N4/c1-13(2,3)12-16-15-10-17(12)9-7-11-6-4-5-8-14-11/h4-6,8,10H,7,9H2,1-3H3. The molecule has 0 bridgehead atoms. The van der Waals surface area contributed by atoms with Crippen LogP contribution in [0.3, 0.4) is 0 Å². The van der Waals surface area contributed by atoms with Gasteiger partial charge < -0.3 is 4.57 Å². The second-order valence-electron chi connectivity index (χ2n) is 5.17. The zero-order valence-electron chi connectivity index (χ0n) is 10.6. The van der Waals surface area contributed by atoms with Gasteiger partial charge in [0.05, 0.1) is 0 Å². The Morgan fingerprint density at radius 2 is 2.06 bits per heavy atom. The van der Waals surface area contributed by atoms with Crippen LogP contribution in [0.25, 0.3) is 0 Å². The Kier molecular flexibility index (Phi) is 3.22. The van der Waals surface area contributed by atoms with Crippen LogP contribution in [0.2, 0.25) is 0 Å². The molecule has 2 rings (SSSR count). The molecule has 0 aliphatic heterocycles. The van der Waals surface area contributed by atoms with Crippen molar-refractivity contribution in [2.45, 2.75) is 39.2 Å². The minimum absolute atomic E-state index is 0.0284. The van der Waals surface area contributed by atoms with Gasteiger partial charge in [-0.25, -0.2) is 0 Å². The molecule has 0 spiro atoms. The van der Waals surface area contributed by atoms with Crippen LogP contribution in [-0.4, -0.2) is 19.7 Å². The van der Waals surface area contributed by atoms with E-state index in [1.165, 1.54) is 0 Å². The fourth-order valence-electron chi connectivity index (χ4n) is 1.78. The van der Waals surface area contributed by atoms with Gasteiger partial charge in [0.25, 0.3) is 0 Å². The highest BCUT2D eigenvalue weighted by molar-refractivity contribution is 5.05. The van der Waals surface area contributed by atoms with E-state index in [0.29, 0.717) is 0 Å². The first kappa shape index (κ1) is 11.8. The van der Waals surface area contributed by atoms with Crippen LogP contribution in [0.4, 0.5) is 0 Å². The molecule has 2 heterocycles. The third kappa shape index (κ3) is 2.90. The molecule has 0 N–H and O–H groups in total. The molecule has 0 aromatic carbocycles. The van der Waals surface area contributed by atoms with Crippen molar-refractivity contribution in [2.24, 2.45) is 0 Å². The van der Waals surface area contributed by atoms with Crippen molar-refractivity contribution in [2.75, 3.05) is 0 Å². The predicted molar refractivity (Wildman–Crippen MR) is 66.7 cm³/mol. The quantitative estimate of drug-likeness (QED) is 0.812. The number of nitrogens with zero attached hydrogens (tertiary/aromatic N) is 4. The van der Waals surface area contributed by atoms with Gasteiger partial charge in [-0.15, -0.1) is 10.2 Å². The van der Waals surface area contributed by atoms with Crippen molar-refractivity contribution in [3.05, 3.63) is 42.2 Å². The molecule has 2 aromatic heterocycles. The number of pyridine rings is 1. The van der Waals surface area contributed by atoms with Crippen LogP contribution < -0.4 is 0 Å². The van der Waals surface area contributed by atoms with E-state index in [4.69, 9.17) is 0 Å². The number of aryl methyl sites for hydroxylation is 2. The first-order valence-corrected chi connectivity index (χ1v) is 5.85.